The smallest absolute Gasteiger partial charge is 0.224 e. The van der Waals surface area contributed by atoms with E-state index in [9.17, 15) is 0 Å². The molecule has 0 saturated carbocycles. The van der Waals surface area contributed by atoms with E-state index < -0.39 is 0 Å². The first-order valence-electron chi connectivity index (χ1n) is 6.10. The summed E-state index contributed by atoms with van der Waals surface area (Å²) in [7, 11) is 0. The van der Waals surface area contributed by atoms with Crippen LogP contribution in [0.15, 0.2) is 24.3 Å². The second-order valence-electron chi connectivity index (χ2n) is 4.56. The average Bonchev–Trinajstić information content (AvgIpc) is 2.35. The van der Waals surface area contributed by atoms with Crippen molar-refractivity contribution in [1.82, 2.24) is 9.97 Å². The molecule has 2 aromatic rings. The summed E-state index contributed by atoms with van der Waals surface area (Å²) < 4.78 is 0. The highest BCUT2D eigenvalue weighted by Crippen LogP contribution is 2.26. The summed E-state index contributed by atoms with van der Waals surface area (Å²) in [6.07, 6.45) is 0. The Balaban J connectivity index is 2.29. The van der Waals surface area contributed by atoms with E-state index in [0.29, 0.717) is 17.2 Å². The van der Waals surface area contributed by atoms with Gasteiger partial charge in [-0.2, -0.15) is 4.98 Å². The van der Waals surface area contributed by atoms with Gasteiger partial charge in [0.1, 0.15) is 0 Å². The van der Waals surface area contributed by atoms with E-state index in [0.717, 1.165) is 0 Å². The monoisotopic (exact) mass is 276 g/mol. The molecule has 0 aliphatic rings. The third-order valence-corrected chi connectivity index (χ3v) is 3.29. The predicted octanol–water partition coefficient (Wildman–Crippen LogP) is 3.50. The molecule has 4 nitrogen and oxygen atoms in total. The Morgan fingerprint density at radius 3 is 2.58 bits per heavy atom. The van der Waals surface area contributed by atoms with Crippen LogP contribution in [0.25, 0.3) is 0 Å². The molecule has 1 aromatic heterocycles. The van der Waals surface area contributed by atoms with Crippen molar-refractivity contribution in [3.8, 4) is 0 Å². The average molecular weight is 277 g/mol. The first-order chi connectivity index (χ1) is 8.99. The van der Waals surface area contributed by atoms with Crippen LogP contribution in [-0.4, -0.2) is 9.97 Å². The lowest BCUT2D eigenvalue weighted by atomic mass is 10.0. The van der Waals surface area contributed by atoms with Crippen molar-refractivity contribution in [3.05, 3.63) is 46.4 Å². The van der Waals surface area contributed by atoms with Crippen LogP contribution >= 0.6 is 11.6 Å². The Labute approximate surface area is 118 Å². The number of nitrogens with zero attached hydrogens (tertiary/aromatic N) is 2. The number of nitrogen functional groups attached to an aromatic ring is 1. The Bertz CT molecular complexity index is 598. The van der Waals surface area contributed by atoms with Crippen molar-refractivity contribution in [3.63, 3.8) is 0 Å². The molecule has 0 radical (unpaired) electrons. The van der Waals surface area contributed by atoms with Gasteiger partial charge in [0, 0.05) is 0 Å². The van der Waals surface area contributed by atoms with E-state index in [2.05, 4.69) is 41.3 Å². The Morgan fingerprint density at radius 2 is 1.89 bits per heavy atom. The highest BCUT2D eigenvalue weighted by molar-refractivity contribution is 6.28. The van der Waals surface area contributed by atoms with Crippen LogP contribution in [0.2, 0.25) is 5.28 Å². The van der Waals surface area contributed by atoms with Gasteiger partial charge >= 0.3 is 0 Å². The van der Waals surface area contributed by atoms with Crippen molar-refractivity contribution in [2.24, 2.45) is 0 Å². The van der Waals surface area contributed by atoms with Crippen molar-refractivity contribution in [1.29, 1.82) is 0 Å². The Kier molecular flexibility index (Phi) is 3.90. The highest BCUT2D eigenvalue weighted by atomic mass is 35.5. The van der Waals surface area contributed by atoms with Gasteiger partial charge in [0.25, 0.3) is 0 Å². The molecule has 0 fully saturated rings. The first-order valence-corrected chi connectivity index (χ1v) is 6.48. The molecule has 0 aliphatic carbocycles. The van der Waals surface area contributed by atoms with Gasteiger partial charge in [0.05, 0.1) is 17.4 Å². The number of halogens is 1. The van der Waals surface area contributed by atoms with E-state index in [1.54, 1.807) is 0 Å². The second-order valence-corrected chi connectivity index (χ2v) is 4.90. The standard InChI is InChI=1S/C14H17ClN4/c1-8-6-4-5-7-11(8)9(2)17-13-12(16)10(3)18-14(15)19-13/h4-7,9H,16H2,1-3H3,(H,17,18,19). The van der Waals surface area contributed by atoms with Crippen LogP contribution in [0.4, 0.5) is 11.5 Å². The number of hydrogen-bond donors (Lipinski definition) is 2. The van der Waals surface area contributed by atoms with Gasteiger partial charge in [-0.15, -0.1) is 0 Å². The van der Waals surface area contributed by atoms with Gasteiger partial charge in [-0.3, -0.25) is 0 Å². The summed E-state index contributed by atoms with van der Waals surface area (Å²) in [5.41, 5.74) is 9.61. The number of nitrogens with one attached hydrogen (secondary N) is 1. The summed E-state index contributed by atoms with van der Waals surface area (Å²) in [6.45, 7) is 5.95. The van der Waals surface area contributed by atoms with Crippen LogP contribution < -0.4 is 11.1 Å². The molecule has 0 amide bonds. The van der Waals surface area contributed by atoms with E-state index in [1.165, 1.54) is 11.1 Å². The molecule has 0 aliphatic heterocycles. The molecule has 1 heterocycles. The van der Waals surface area contributed by atoms with Gasteiger partial charge in [-0.1, -0.05) is 24.3 Å². The fourth-order valence-corrected chi connectivity index (χ4v) is 2.22. The van der Waals surface area contributed by atoms with Crippen molar-refractivity contribution in [2.45, 2.75) is 26.8 Å². The number of anilines is 2. The lowest BCUT2D eigenvalue weighted by Gasteiger charge is -2.18. The molecule has 0 saturated heterocycles. The third-order valence-electron chi connectivity index (χ3n) is 3.12. The zero-order valence-corrected chi connectivity index (χ0v) is 12.0. The Morgan fingerprint density at radius 1 is 1.21 bits per heavy atom. The summed E-state index contributed by atoms with van der Waals surface area (Å²) >= 11 is 5.87. The molecule has 1 aromatic carbocycles. The minimum atomic E-state index is 0.0915. The molecular weight excluding hydrogens is 260 g/mol. The van der Waals surface area contributed by atoms with Crippen LogP contribution in [0.3, 0.4) is 0 Å². The van der Waals surface area contributed by atoms with Crippen molar-refractivity contribution in [2.75, 3.05) is 11.1 Å². The van der Waals surface area contributed by atoms with Crippen molar-refractivity contribution >= 4 is 23.1 Å². The third kappa shape index (κ3) is 2.96. The highest BCUT2D eigenvalue weighted by Gasteiger charge is 2.13. The molecule has 0 bridgehead atoms. The number of benzene rings is 1. The zero-order valence-electron chi connectivity index (χ0n) is 11.2. The zero-order chi connectivity index (χ0) is 14.0. The molecule has 1 atom stereocenters. The maximum atomic E-state index is 5.97. The molecule has 3 N–H and O–H groups in total. The molecule has 19 heavy (non-hydrogen) atoms. The summed E-state index contributed by atoms with van der Waals surface area (Å²) in [6, 6.07) is 8.29. The van der Waals surface area contributed by atoms with Crippen molar-refractivity contribution < 1.29 is 0 Å². The van der Waals surface area contributed by atoms with E-state index in [1.807, 2.05) is 19.1 Å². The first kappa shape index (κ1) is 13.6. The largest absolute Gasteiger partial charge is 0.394 e. The normalized spacial score (nSPS) is 12.2. The minimum absolute atomic E-state index is 0.0915. The molecular formula is C14H17ClN4. The van der Waals surface area contributed by atoms with Crippen LogP contribution in [0.5, 0.6) is 0 Å². The summed E-state index contributed by atoms with van der Waals surface area (Å²) in [5, 5.41) is 3.49. The molecule has 1 unspecified atom stereocenters. The number of aryl methyl sites for hydroxylation is 2. The topological polar surface area (TPSA) is 63.8 Å². The van der Waals surface area contributed by atoms with Gasteiger partial charge in [0.2, 0.25) is 5.28 Å². The van der Waals surface area contributed by atoms with Crippen LogP contribution in [0.1, 0.15) is 29.8 Å². The summed E-state index contributed by atoms with van der Waals surface area (Å²) in [4.78, 5) is 8.17. The van der Waals surface area contributed by atoms with Gasteiger partial charge < -0.3 is 11.1 Å². The van der Waals surface area contributed by atoms with Gasteiger partial charge in [0.15, 0.2) is 5.82 Å². The molecule has 100 valence electrons. The number of nitrogens with two attached hydrogens (primary N) is 1. The van der Waals surface area contributed by atoms with E-state index >= 15 is 0 Å². The number of aromatic nitrogens is 2. The maximum absolute atomic E-state index is 5.97. The molecule has 2 rings (SSSR count). The van der Waals surface area contributed by atoms with E-state index in [4.69, 9.17) is 17.3 Å². The molecule has 0 spiro atoms. The van der Waals surface area contributed by atoms with Crippen LogP contribution in [-0.2, 0) is 0 Å². The quantitative estimate of drug-likeness (QED) is 0.842. The lowest BCUT2D eigenvalue weighted by molar-refractivity contribution is 0.862. The van der Waals surface area contributed by atoms with Gasteiger partial charge in [-0.05, 0) is 43.5 Å². The molecule has 5 heteroatoms. The minimum Gasteiger partial charge on any atom is -0.394 e. The number of hydrogen-bond acceptors (Lipinski definition) is 4. The predicted molar refractivity (Wildman–Crippen MR) is 79.4 cm³/mol. The summed E-state index contributed by atoms with van der Waals surface area (Å²) in [5.74, 6) is 0.577. The number of rotatable bonds is 3. The Hall–Kier alpha value is -1.81. The van der Waals surface area contributed by atoms with Crippen LogP contribution in [0, 0.1) is 13.8 Å². The second kappa shape index (κ2) is 5.45. The fourth-order valence-electron chi connectivity index (χ4n) is 2.01. The lowest BCUT2D eigenvalue weighted by Crippen LogP contribution is -2.12. The van der Waals surface area contributed by atoms with E-state index in [-0.39, 0.29) is 11.3 Å². The van der Waals surface area contributed by atoms with Gasteiger partial charge in [-0.25, -0.2) is 4.98 Å². The fraction of sp³-hybridized carbons (Fsp3) is 0.286. The SMILES string of the molecule is Cc1ccccc1C(C)Nc1nc(Cl)nc(C)c1N. The maximum Gasteiger partial charge on any atom is 0.224 e.